The predicted molar refractivity (Wildman–Crippen MR) is 91.4 cm³/mol. The van der Waals surface area contributed by atoms with Crippen LogP contribution in [0.15, 0.2) is 72.8 Å². The molecule has 0 unspecified atom stereocenters. The summed E-state index contributed by atoms with van der Waals surface area (Å²) in [6, 6.07) is 20.6. The van der Waals surface area contributed by atoms with Gasteiger partial charge in [0, 0.05) is 11.3 Å². The van der Waals surface area contributed by atoms with Crippen LogP contribution in [0.1, 0.15) is 21.5 Å². The van der Waals surface area contributed by atoms with E-state index in [0.717, 1.165) is 16.8 Å². The van der Waals surface area contributed by atoms with Gasteiger partial charge in [0.05, 0.1) is 0 Å². The Kier molecular flexibility index (Phi) is 3.06. The van der Waals surface area contributed by atoms with E-state index in [2.05, 4.69) is 5.32 Å². The van der Waals surface area contributed by atoms with Gasteiger partial charge < -0.3 is 15.5 Å². The zero-order chi connectivity index (χ0) is 16.7. The maximum absolute atomic E-state index is 13.3. The highest BCUT2D eigenvalue weighted by Gasteiger charge is 2.48. The maximum Gasteiger partial charge on any atom is 0.199 e. The first-order chi connectivity index (χ1) is 11.6. The SMILES string of the molecule is O=C1c2ccccc2NC1(c1ccc(O)cc1)c1ccc(O)cc1. The standard InChI is InChI=1S/C20H15NO3/c22-15-9-5-13(6-10-15)20(14-7-11-16(23)12-8-14)19(24)17-3-1-2-4-18(17)21-20/h1-12,21-23H. The second-order valence-electron chi connectivity index (χ2n) is 5.84. The van der Waals surface area contributed by atoms with Crippen LogP contribution in [0.4, 0.5) is 5.69 Å². The van der Waals surface area contributed by atoms with Gasteiger partial charge >= 0.3 is 0 Å². The van der Waals surface area contributed by atoms with Crippen molar-refractivity contribution in [3.63, 3.8) is 0 Å². The molecule has 0 saturated heterocycles. The van der Waals surface area contributed by atoms with E-state index in [0.29, 0.717) is 5.56 Å². The molecule has 1 aliphatic heterocycles. The lowest BCUT2D eigenvalue weighted by Crippen LogP contribution is -2.39. The number of ketones is 1. The molecule has 0 radical (unpaired) electrons. The number of rotatable bonds is 2. The molecule has 118 valence electrons. The van der Waals surface area contributed by atoms with Crippen LogP contribution in [-0.4, -0.2) is 16.0 Å². The van der Waals surface area contributed by atoms with Crippen molar-refractivity contribution < 1.29 is 15.0 Å². The number of fused-ring (bicyclic) bond motifs is 1. The number of nitrogens with one attached hydrogen (secondary N) is 1. The fraction of sp³-hybridized carbons (Fsp3) is 0.0500. The van der Waals surface area contributed by atoms with Crippen molar-refractivity contribution >= 4 is 11.5 Å². The van der Waals surface area contributed by atoms with Crippen LogP contribution in [0.25, 0.3) is 0 Å². The lowest BCUT2D eigenvalue weighted by atomic mass is 9.79. The van der Waals surface area contributed by atoms with Crippen molar-refractivity contribution in [3.05, 3.63) is 89.5 Å². The molecule has 3 aromatic carbocycles. The molecule has 4 heteroatoms. The van der Waals surface area contributed by atoms with Crippen molar-refractivity contribution in [3.8, 4) is 11.5 Å². The van der Waals surface area contributed by atoms with Gasteiger partial charge in [-0.25, -0.2) is 0 Å². The number of phenolic OH excluding ortho intramolecular Hbond substituents is 2. The molecule has 0 spiro atoms. The minimum Gasteiger partial charge on any atom is -0.508 e. The molecular formula is C20H15NO3. The fourth-order valence-electron chi connectivity index (χ4n) is 3.25. The summed E-state index contributed by atoms with van der Waals surface area (Å²) in [4.78, 5) is 13.3. The third kappa shape index (κ3) is 1.97. The number of phenols is 2. The number of carbonyl (C=O) groups is 1. The highest BCUT2D eigenvalue weighted by atomic mass is 16.3. The van der Waals surface area contributed by atoms with Crippen molar-refractivity contribution in [2.75, 3.05) is 5.32 Å². The largest absolute Gasteiger partial charge is 0.508 e. The molecule has 1 heterocycles. The normalized spacial score (nSPS) is 14.9. The summed E-state index contributed by atoms with van der Waals surface area (Å²) in [6.07, 6.45) is 0. The Morgan fingerprint density at radius 2 is 1.21 bits per heavy atom. The molecule has 1 aliphatic rings. The van der Waals surface area contributed by atoms with Crippen molar-refractivity contribution in [2.24, 2.45) is 0 Å². The zero-order valence-corrected chi connectivity index (χ0v) is 12.7. The number of hydrogen-bond acceptors (Lipinski definition) is 4. The molecule has 3 aromatic rings. The summed E-state index contributed by atoms with van der Waals surface area (Å²) >= 11 is 0. The van der Waals surface area contributed by atoms with Crippen LogP contribution in [-0.2, 0) is 5.54 Å². The van der Waals surface area contributed by atoms with E-state index >= 15 is 0 Å². The molecule has 0 bridgehead atoms. The van der Waals surface area contributed by atoms with Gasteiger partial charge in [-0.1, -0.05) is 36.4 Å². The number of anilines is 1. The number of aromatic hydroxyl groups is 2. The summed E-state index contributed by atoms with van der Waals surface area (Å²) in [7, 11) is 0. The van der Waals surface area contributed by atoms with Gasteiger partial charge in [0.25, 0.3) is 0 Å². The van der Waals surface area contributed by atoms with Gasteiger partial charge in [-0.3, -0.25) is 4.79 Å². The van der Waals surface area contributed by atoms with Crippen LogP contribution >= 0.6 is 0 Å². The second kappa shape index (κ2) is 5.13. The summed E-state index contributed by atoms with van der Waals surface area (Å²) in [6.45, 7) is 0. The van der Waals surface area contributed by atoms with E-state index in [1.54, 1.807) is 54.6 Å². The minimum atomic E-state index is -1.08. The molecule has 3 N–H and O–H groups in total. The Bertz CT molecular complexity index is 869. The topological polar surface area (TPSA) is 69.6 Å². The molecule has 0 atom stereocenters. The third-order valence-corrected chi connectivity index (χ3v) is 4.44. The van der Waals surface area contributed by atoms with Crippen LogP contribution < -0.4 is 5.32 Å². The quantitative estimate of drug-likeness (QED) is 0.675. The molecule has 4 rings (SSSR count). The maximum atomic E-state index is 13.3. The van der Waals surface area contributed by atoms with Crippen molar-refractivity contribution in [1.29, 1.82) is 0 Å². The molecular weight excluding hydrogens is 302 g/mol. The summed E-state index contributed by atoms with van der Waals surface area (Å²) in [5.74, 6) is 0.222. The Morgan fingerprint density at radius 1 is 0.708 bits per heavy atom. The van der Waals surface area contributed by atoms with Gasteiger partial charge in [-0.2, -0.15) is 0 Å². The average Bonchev–Trinajstić information content (AvgIpc) is 2.90. The van der Waals surface area contributed by atoms with Crippen molar-refractivity contribution in [1.82, 2.24) is 0 Å². The second-order valence-corrected chi connectivity index (χ2v) is 5.84. The van der Waals surface area contributed by atoms with Gasteiger partial charge in [0.1, 0.15) is 11.5 Å². The van der Waals surface area contributed by atoms with E-state index in [1.807, 2.05) is 18.2 Å². The Morgan fingerprint density at radius 3 is 1.71 bits per heavy atom. The summed E-state index contributed by atoms with van der Waals surface area (Å²) in [5.41, 5.74) is 1.77. The van der Waals surface area contributed by atoms with Gasteiger partial charge in [0.2, 0.25) is 0 Å². The Labute approximate surface area is 139 Å². The highest BCUT2D eigenvalue weighted by Crippen LogP contribution is 2.44. The van der Waals surface area contributed by atoms with Crippen LogP contribution in [0.2, 0.25) is 0 Å². The lowest BCUT2D eigenvalue weighted by Gasteiger charge is -2.30. The number of Topliss-reactive ketones (excluding diaryl/α,β-unsaturated/α-hetero) is 1. The first-order valence-corrected chi connectivity index (χ1v) is 7.62. The van der Waals surface area contributed by atoms with Crippen LogP contribution in [0.3, 0.4) is 0 Å². The van der Waals surface area contributed by atoms with Crippen molar-refractivity contribution in [2.45, 2.75) is 5.54 Å². The van der Waals surface area contributed by atoms with E-state index in [-0.39, 0.29) is 17.3 Å². The van der Waals surface area contributed by atoms with Gasteiger partial charge in [-0.15, -0.1) is 0 Å². The molecule has 0 fully saturated rings. The summed E-state index contributed by atoms with van der Waals surface area (Å²) < 4.78 is 0. The minimum absolute atomic E-state index is 0.0607. The first kappa shape index (κ1) is 14.3. The van der Waals surface area contributed by atoms with E-state index < -0.39 is 5.54 Å². The predicted octanol–water partition coefficient (Wildman–Crippen LogP) is 3.65. The number of benzene rings is 3. The average molecular weight is 317 g/mol. The zero-order valence-electron chi connectivity index (χ0n) is 12.7. The van der Waals surface area contributed by atoms with E-state index in [9.17, 15) is 15.0 Å². The van der Waals surface area contributed by atoms with Crippen LogP contribution in [0, 0.1) is 0 Å². The molecule has 0 aliphatic carbocycles. The van der Waals surface area contributed by atoms with Gasteiger partial charge in [0.15, 0.2) is 11.3 Å². The molecule has 0 saturated carbocycles. The lowest BCUT2D eigenvalue weighted by molar-refractivity contribution is 0.0941. The molecule has 0 aromatic heterocycles. The monoisotopic (exact) mass is 317 g/mol. The van der Waals surface area contributed by atoms with E-state index in [4.69, 9.17) is 0 Å². The number of para-hydroxylation sites is 1. The van der Waals surface area contributed by atoms with Crippen LogP contribution in [0.5, 0.6) is 11.5 Å². The Balaban J connectivity index is 1.96. The first-order valence-electron chi connectivity index (χ1n) is 7.62. The van der Waals surface area contributed by atoms with Gasteiger partial charge in [-0.05, 0) is 47.5 Å². The third-order valence-electron chi connectivity index (χ3n) is 4.44. The highest BCUT2D eigenvalue weighted by molar-refractivity contribution is 6.15. The van der Waals surface area contributed by atoms with E-state index in [1.165, 1.54) is 0 Å². The fourth-order valence-corrected chi connectivity index (χ4v) is 3.25. The molecule has 0 amide bonds. The number of hydrogen-bond donors (Lipinski definition) is 3. The summed E-state index contributed by atoms with van der Waals surface area (Å²) in [5, 5.41) is 22.5. The molecule has 4 nitrogen and oxygen atoms in total. The number of carbonyl (C=O) groups excluding carboxylic acids is 1. The Hall–Kier alpha value is -3.27. The smallest absolute Gasteiger partial charge is 0.199 e. The molecule has 24 heavy (non-hydrogen) atoms.